The number of aliphatic hydroxyl groups excluding tert-OH is 1. The zero-order valence-corrected chi connectivity index (χ0v) is 16.8. The molecule has 0 aromatic heterocycles. The van der Waals surface area contributed by atoms with Crippen LogP contribution in [0, 0.1) is 0 Å². The molecule has 1 aliphatic rings. The van der Waals surface area contributed by atoms with E-state index in [2.05, 4.69) is 28.4 Å². The molecule has 0 aliphatic carbocycles. The van der Waals surface area contributed by atoms with Crippen LogP contribution in [0.25, 0.3) is 0 Å². The second-order valence-corrected chi connectivity index (χ2v) is 7.39. The van der Waals surface area contributed by atoms with Gasteiger partial charge in [0.1, 0.15) is 24.2 Å². The Hall–Kier alpha value is -2.08. The summed E-state index contributed by atoms with van der Waals surface area (Å²) in [7, 11) is 1.70. The van der Waals surface area contributed by atoms with Crippen LogP contribution in [0.5, 0.6) is 11.5 Å². The lowest BCUT2D eigenvalue weighted by Crippen LogP contribution is -2.38. The largest absolute Gasteiger partial charge is 0.496 e. The SMILES string of the molecule is COc1ccccc1CNCc1ccc(OCC(O)CN2CCCCC2)cc1. The number of methoxy groups -OCH3 is 1. The molecule has 0 bridgehead atoms. The first-order valence-corrected chi connectivity index (χ1v) is 10.2. The van der Waals surface area contributed by atoms with E-state index in [1.54, 1.807) is 7.11 Å². The Morgan fingerprint density at radius 2 is 1.75 bits per heavy atom. The van der Waals surface area contributed by atoms with Crippen molar-refractivity contribution in [3.63, 3.8) is 0 Å². The molecule has 0 radical (unpaired) electrons. The van der Waals surface area contributed by atoms with E-state index >= 15 is 0 Å². The molecule has 0 amide bonds. The van der Waals surface area contributed by atoms with Crippen molar-refractivity contribution in [2.75, 3.05) is 33.4 Å². The Balaban J connectivity index is 1.38. The number of hydrogen-bond acceptors (Lipinski definition) is 5. The second-order valence-electron chi connectivity index (χ2n) is 7.39. The van der Waals surface area contributed by atoms with E-state index in [9.17, 15) is 5.11 Å². The smallest absolute Gasteiger partial charge is 0.123 e. The van der Waals surface area contributed by atoms with Gasteiger partial charge in [-0.1, -0.05) is 36.8 Å². The molecule has 0 saturated carbocycles. The number of nitrogens with zero attached hydrogens (tertiary/aromatic N) is 1. The minimum Gasteiger partial charge on any atom is -0.496 e. The fourth-order valence-electron chi connectivity index (χ4n) is 3.58. The maximum atomic E-state index is 10.2. The number of aliphatic hydroxyl groups is 1. The summed E-state index contributed by atoms with van der Waals surface area (Å²) in [4.78, 5) is 2.33. The molecule has 1 atom stereocenters. The van der Waals surface area contributed by atoms with Crippen LogP contribution in [0.15, 0.2) is 48.5 Å². The van der Waals surface area contributed by atoms with Crippen LogP contribution in [0.2, 0.25) is 0 Å². The van der Waals surface area contributed by atoms with Gasteiger partial charge in [0.15, 0.2) is 0 Å². The fraction of sp³-hybridized carbons (Fsp3) is 0.478. The van der Waals surface area contributed by atoms with Crippen LogP contribution in [-0.4, -0.2) is 49.5 Å². The number of β-amino-alcohol motifs (C(OH)–C–C–N with tert-alkyl or cyclic N) is 1. The normalized spacial score (nSPS) is 15.9. The lowest BCUT2D eigenvalue weighted by Gasteiger charge is -2.28. The third-order valence-corrected chi connectivity index (χ3v) is 5.12. The molecule has 152 valence electrons. The molecular formula is C23H32N2O3. The number of ether oxygens (including phenoxy) is 2. The quantitative estimate of drug-likeness (QED) is 0.659. The van der Waals surface area contributed by atoms with Crippen LogP contribution >= 0.6 is 0 Å². The van der Waals surface area contributed by atoms with Gasteiger partial charge in [-0.05, 0) is 49.7 Å². The maximum absolute atomic E-state index is 10.2. The average molecular weight is 385 g/mol. The number of nitrogens with one attached hydrogen (secondary N) is 1. The Kier molecular flexibility index (Phi) is 8.15. The molecule has 2 N–H and O–H groups in total. The monoisotopic (exact) mass is 384 g/mol. The molecule has 1 fully saturated rings. The maximum Gasteiger partial charge on any atom is 0.123 e. The number of benzene rings is 2. The predicted molar refractivity (Wildman–Crippen MR) is 112 cm³/mol. The molecule has 3 rings (SSSR count). The van der Waals surface area contributed by atoms with E-state index in [-0.39, 0.29) is 0 Å². The van der Waals surface area contributed by atoms with E-state index in [0.29, 0.717) is 13.2 Å². The molecule has 1 heterocycles. The van der Waals surface area contributed by atoms with E-state index in [0.717, 1.165) is 43.2 Å². The Bertz CT molecular complexity index is 699. The number of rotatable bonds is 10. The highest BCUT2D eigenvalue weighted by atomic mass is 16.5. The third kappa shape index (κ3) is 6.51. The van der Waals surface area contributed by atoms with Crippen molar-refractivity contribution < 1.29 is 14.6 Å². The molecule has 28 heavy (non-hydrogen) atoms. The van der Waals surface area contributed by atoms with Crippen LogP contribution < -0.4 is 14.8 Å². The van der Waals surface area contributed by atoms with Crippen molar-refractivity contribution in [3.05, 3.63) is 59.7 Å². The average Bonchev–Trinajstić information content (AvgIpc) is 2.74. The van der Waals surface area contributed by atoms with E-state index < -0.39 is 6.10 Å². The summed E-state index contributed by atoms with van der Waals surface area (Å²) < 4.78 is 11.1. The summed E-state index contributed by atoms with van der Waals surface area (Å²) in [6, 6.07) is 16.1. The highest BCUT2D eigenvalue weighted by Gasteiger charge is 2.15. The van der Waals surface area contributed by atoms with Gasteiger partial charge in [0.2, 0.25) is 0 Å². The van der Waals surface area contributed by atoms with Gasteiger partial charge in [-0.3, -0.25) is 0 Å². The van der Waals surface area contributed by atoms with Crippen molar-refractivity contribution in [1.82, 2.24) is 10.2 Å². The van der Waals surface area contributed by atoms with Crippen LogP contribution in [-0.2, 0) is 13.1 Å². The second kappa shape index (κ2) is 11.1. The topological polar surface area (TPSA) is 54.0 Å². The zero-order valence-electron chi connectivity index (χ0n) is 16.8. The van der Waals surface area contributed by atoms with E-state index in [1.165, 1.54) is 24.8 Å². The summed E-state index contributed by atoms with van der Waals surface area (Å²) in [5.74, 6) is 1.70. The van der Waals surface area contributed by atoms with Gasteiger partial charge in [-0.15, -0.1) is 0 Å². The van der Waals surface area contributed by atoms with Crippen LogP contribution in [0.3, 0.4) is 0 Å². The van der Waals surface area contributed by atoms with Gasteiger partial charge in [-0.2, -0.15) is 0 Å². The lowest BCUT2D eigenvalue weighted by molar-refractivity contribution is 0.0617. The molecule has 0 spiro atoms. The van der Waals surface area contributed by atoms with Gasteiger partial charge in [0.25, 0.3) is 0 Å². The molecule has 1 saturated heterocycles. The predicted octanol–water partition coefficient (Wildman–Crippen LogP) is 3.21. The van der Waals surface area contributed by atoms with Crippen molar-refractivity contribution in [1.29, 1.82) is 0 Å². The number of hydrogen-bond donors (Lipinski definition) is 2. The van der Waals surface area contributed by atoms with Gasteiger partial charge in [0.05, 0.1) is 7.11 Å². The van der Waals surface area contributed by atoms with Gasteiger partial charge in [-0.25, -0.2) is 0 Å². The number of piperidine rings is 1. The Morgan fingerprint density at radius 1 is 1.00 bits per heavy atom. The van der Waals surface area contributed by atoms with Crippen LogP contribution in [0.4, 0.5) is 0 Å². The molecule has 2 aromatic carbocycles. The molecule has 2 aromatic rings. The Labute approximate surface area is 168 Å². The summed E-state index contributed by atoms with van der Waals surface area (Å²) in [6.45, 7) is 4.74. The molecule has 5 nitrogen and oxygen atoms in total. The summed E-state index contributed by atoms with van der Waals surface area (Å²) >= 11 is 0. The first kappa shape index (κ1) is 20.6. The summed E-state index contributed by atoms with van der Waals surface area (Å²) in [5.41, 5.74) is 2.34. The van der Waals surface area contributed by atoms with E-state index in [4.69, 9.17) is 9.47 Å². The van der Waals surface area contributed by atoms with Gasteiger partial charge < -0.3 is 24.8 Å². The standard InChI is InChI=1S/C23H32N2O3/c1-27-23-8-4-3-7-20(23)16-24-15-19-9-11-22(12-10-19)28-18-21(26)17-25-13-5-2-6-14-25/h3-4,7-12,21,24,26H,2,5-6,13-18H2,1H3. The minimum absolute atomic E-state index is 0.335. The third-order valence-electron chi connectivity index (χ3n) is 5.12. The first-order valence-electron chi connectivity index (χ1n) is 10.2. The van der Waals surface area contributed by atoms with Gasteiger partial charge in [0, 0.05) is 25.2 Å². The van der Waals surface area contributed by atoms with Crippen molar-refractivity contribution in [3.8, 4) is 11.5 Å². The summed E-state index contributed by atoms with van der Waals surface area (Å²) in [5, 5.41) is 13.6. The van der Waals surface area contributed by atoms with Gasteiger partial charge >= 0.3 is 0 Å². The zero-order chi connectivity index (χ0) is 19.6. The number of para-hydroxylation sites is 1. The Morgan fingerprint density at radius 3 is 2.50 bits per heavy atom. The summed E-state index contributed by atoms with van der Waals surface area (Å²) in [6.07, 6.45) is 3.34. The number of likely N-dealkylation sites (tertiary alicyclic amines) is 1. The molecule has 1 aliphatic heterocycles. The lowest BCUT2D eigenvalue weighted by atomic mass is 10.1. The van der Waals surface area contributed by atoms with Crippen molar-refractivity contribution >= 4 is 0 Å². The fourth-order valence-corrected chi connectivity index (χ4v) is 3.58. The van der Waals surface area contributed by atoms with E-state index in [1.807, 2.05) is 30.3 Å². The van der Waals surface area contributed by atoms with Crippen LogP contribution in [0.1, 0.15) is 30.4 Å². The first-order chi connectivity index (χ1) is 13.7. The minimum atomic E-state index is -0.444. The highest BCUT2D eigenvalue weighted by Crippen LogP contribution is 2.17. The molecule has 5 heteroatoms. The highest BCUT2D eigenvalue weighted by molar-refractivity contribution is 5.33. The van der Waals surface area contributed by atoms with Crippen molar-refractivity contribution in [2.45, 2.75) is 38.5 Å². The van der Waals surface area contributed by atoms with Crippen molar-refractivity contribution in [2.24, 2.45) is 0 Å². The molecule has 1 unspecified atom stereocenters. The molecular weight excluding hydrogens is 352 g/mol.